The van der Waals surface area contributed by atoms with Gasteiger partial charge in [-0.15, -0.1) is 0 Å². The molecule has 7 nitrogen and oxygen atoms in total. The van der Waals surface area contributed by atoms with Gasteiger partial charge >= 0.3 is 17.9 Å². The first kappa shape index (κ1) is 23.6. The minimum atomic E-state index is -1.63. The van der Waals surface area contributed by atoms with Gasteiger partial charge in [-0.1, -0.05) is 46.6 Å². The van der Waals surface area contributed by atoms with Gasteiger partial charge in [-0.25, -0.2) is 0 Å². The maximum atomic E-state index is 13.8. The zero-order valence-corrected chi connectivity index (χ0v) is 20.5. The third kappa shape index (κ3) is 2.87. The Bertz CT molecular complexity index is 951. The van der Waals surface area contributed by atoms with Crippen LogP contribution in [0.1, 0.15) is 78.6 Å². The van der Waals surface area contributed by atoms with Crippen molar-refractivity contribution in [3.63, 3.8) is 0 Å². The Morgan fingerprint density at radius 1 is 1.12 bits per heavy atom. The first-order valence-corrected chi connectivity index (χ1v) is 12.9. The molecule has 34 heavy (non-hydrogen) atoms. The van der Waals surface area contributed by atoms with Gasteiger partial charge in [0, 0.05) is 12.3 Å². The van der Waals surface area contributed by atoms with Gasteiger partial charge in [0.1, 0.15) is 18.8 Å². The van der Waals surface area contributed by atoms with E-state index in [4.69, 9.17) is 14.2 Å². The molecule has 5 fully saturated rings. The lowest BCUT2D eigenvalue weighted by atomic mass is 9.43. The number of rotatable bonds is 6. The third-order valence-corrected chi connectivity index (χ3v) is 9.64. The van der Waals surface area contributed by atoms with Crippen molar-refractivity contribution in [2.75, 3.05) is 6.61 Å². The fraction of sp³-hybridized carbons (Fsp3) is 0.778. The molecule has 2 saturated heterocycles. The summed E-state index contributed by atoms with van der Waals surface area (Å²) in [6.45, 7) is 10.4. The van der Waals surface area contributed by atoms with Crippen LogP contribution in [-0.4, -0.2) is 42.5 Å². The van der Waals surface area contributed by atoms with Gasteiger partial charge in [0.05, 0.1) is 11.3 Å². The molecule has 0 aromatic carbocycles. The SMILES string of the molecule is C=C1C(=O)[C@@]23C(=O)O[C@H]4CCC(C)(C)C5C(=O)OC[C@]54C2CC[C@@H]1[C@@H]3OC(=O)CCCCCC. The summed E-state index contributed by atoms with van der Waals surface area (Å²) in [6, 6.07) is 0. The molecule has 7 heteroatoms. The Morgan fingerprint density at radius 3 is 2.62 bits per heavy atom. The molecule has 186 valence electrons. The number of fused-ring (bicyclic) bond motifs is 1. The summed E-state index contributed by atoms with van der Waals surface area (Å²) in [5.74, 6) is -3.00. The van der Waals surface area contributed by atoms with Crippen LogP contribution in [0.15, 0.2) is 12.2 Å². The van der Waals surface area contributed by atoms with E-state index < -0.39 is 46.8 Å². The van der Waals surface area contributed by atoms with E-state index in [1.807, 2.05) is 0 Å². The summed E-state index contributed by atoms with van der Waals surface area (Å²) in [6.07, 6.45) is 5.12. The molecule has 3 saturated carbocycles. The van der Waals surface area contributed by atoms with Gasteiger partial charge in [-0.2, -0.15) is 0 Å². The van der Waals surface area contributed by atoms with E-state index in [0.717, 1.165) is 25.7 Å². The summed E-state index contributed by atoms with van der Waals surface area (Å²) in [7, 11) is 0. The molecule has 0 N–H and O–H groups in total. The minimum absolute atomic E-state index is 0.131. The molecule has 7 atom stereocenters. The van der Waals surface area contributed by atoms with E-state index in [2.05, 4.69) is 27.4 Å². The van der Waals surface area contributed by atoms with Crippen molar-refractivity contribution in [1.29, 1.82) is 0 Å². The fourth-order valence-electron chi connectivity index (χ4n) is 8.18. The second kappa shape index (κ2) is 7.92. The largest absolute Gasteiger partial charge is 0.465 e. The minimum Gasteiger partial charge on any atom is -0.465 e. The first-order valence-electron chi connectivity index (χ1n) is 12.9. The van der Waals surface area contributed by atoms with Crippen LogP contribution in [0.2, 0.25) is 0 Å². The number of hydrogen-bond acceptors (Lipinski definition) is 7. The van der Waals surface area contributed by atoms with Crippen LogP contribution < -0.4 is 0 Å². The molecule has 2 aliphatic heterocycles. The van der Waals surface area contributed by atoms with Crippen molar-refractivity contribution < 1.29 is 33.4 Å². The molecule has 5 aliphatic rings. The van der Waals surface area contributed by atoms with Gasteiger partial charge in [0.15, 0.2) is 11.2 Å². The predicted molar refractivity (Wildman–Crippen MR) is 121 cm³/mol. The van der Waals surface area contributed by atoms with Crippen LogP contribution >= 0.6 is 0 Å². The van der Waals surface area contributed by atoms with Crippen molar-refractivity contribution in [2.45, 2.75) is 90.8 Å². The lowest BCUT2D eigenvalue weighted by Gasteiger charge is -2.61. The zero-order valence-electron chi connectivity index (χ0n) is 20.5. The number of cyclic esters (lactones) is 1. The van der Waals surface area contributed by atoms with E-state index in [0.29, 0.717) is 31.3 Å². The molecule has 0 amide bonds. The number of ether oxygens (including phenoxy) is 3. The molecule has 2 spiro atoms. The number of ketones is 1. The number of carbonyl (C=O) groups is 4. The Hall–Kier alpha value is -2.18. The monoisotopic (exact) mass is 472 g/mol. The summed E-state index contributed by atoms with van der Waals surface area (Å²) in [5, 5.41) is 0. The maximum absolute atomic E-state index is 13.8. The fourth-order valence-corrected chi connectivity index (χ4v) is 8.18. The zero-order chi connectivity index (χ0) is 24.5. The van der Waals surface area contributed by atoms with E-state index in [1.54, 1.807) is 0 Å². The highest BCUT2D eigenvalue weighted by atomic mass is 16.6. The van der Waals surface area contributed by atoms with Gasteiger partial charge < -0.3 is 14.2 Å². The molecule has 2 bridgehead atoms. The number of esters is 3. The van der Waals surface area contributed by atoms with E-state index in [-0.39, 0.29) is 36.2 Å². The van der Waals surface area contributed by atoms with Gasteiger partial charge in [-0.3, -0.25) is 19.2 Å². The van der Waals surface area contributed by atoms with Crippen LogP contribution in [0.3, 0.4) is 0 Å². The molecule has 2 unspecified atom stereocenters. The van der Waals surface area contributed by atoms with E-state index >= 15 is 0 Å². The van der Waals surface area contributed by atoms with Gasteiger partial charge in [0.25, 0.3) is 0 Å². The van der Waals surface area contributed by atoms with Crippen molar-refractivity contribution in [3.05, 3.63) is 12.2 Å². The van der Waals surface area contributed by atoms with Crippen LogP contribution in [-0.2, 0) is 33.4 Å². The highest BCUT2D eigenvalue weighted by Gasteiger charge is 2.81. The number of Topliss-reactive ketones (excluding diaryl/α,β-unsaturated/α-hetero) is 1. The summed E-state index contributed by atoms with van der Waals surface area (Å²) >= 11 is 0. The Labute approximate surface area is 200 Å². The van der Waals surface area contributed by atoms with E-state index in [1.165, 1.54) is 0 Å². The molecular formula is C27H36O7. The van der Waals surface area contributed by atoms with Crippen LogP contribution in [0.4, 0.5) is 0 Å². The average Bonchev–Trinajstić information content (AvgIpc) is 3.20. The molecule has 0 aromatic rings. The lowest BCUT2D eigenvalue weighted by Crippen LogP contribution is -2.71. The quantitative estimate of drug-likeness (QED) is 0.190. The Balaban J connectivity index is 1.55. The highest BCUT2D eigenvalue weighted by molar-refractivity contribution is 6.16. The van der Waals surface area contributed by atoms with Crippen LogP contribution in [0.5, 0.6) is 0 Å². The standard InChI is InChI=1S/C27H36O7/c1-5-6-7-8-9-19(28)34-22-16-10-11-17-26-14-32-23(30)20(26)25(3,4)13-12-18(26)33-24(31)27(17,22)21(29)15(16)2/h16-18,20,22H,2,5-14H2,1,3-4H3/t16-,17?,18-,20?,22-,26+,27-/m0/s1. The van der Waals surface area contributed by atoms with Gasteiger partial charge in [0.2, 0.25) is 0 Å². The molecular weight excluding hydrogens is 436 g/mol. The van der Waals surface area contributed by atoms with Gasteiger partial charge in [-0.05, 0) is 49.0 Å². The highest BCUT2D eigenvalue weighted by Crippen LogP contribution is 2.71. The lowest BCUT2D eigenvalue weighted by molar-refractivity contribution is -0.247. The van der Waals surface area contributed by atoms with Crippen molar-refractivity contribution >= 4 is 23.7 Å². The van der Waals surface area contributed by atoms with E-state index in [9.17, 15) is 19.2 Å². The van der Waals surface area contributed by atoms with Crippen molar-refractivity contribution in [3.8, 4) is 0 Å². The normalized spacial score (nSPS) is 41.8. The molecule has 2 heterocycles. The summed E-state index contributed by atoms with van der Waals surface area (Å²) in [4.78, 5) is 53.5. The second-order valence-electron chi connectivity index (χ2n) is 11.8. The van der Waals surface area contributed by atoms with Crippen LogP contribution in [0, 0.1) is 34.0 Å². The topological polar surface area (TPSA) is 96.0 Å². The maximum Gasteiger partial charge on any atom is 0.324 e. The summed E-state index contributed by atoms with van der Waals surface area (Å²) < 4.78 is 17.7. The average molecular weight is 473 g/mol. The second-order valence-corrected chi connectivity index (χ2v) is 11.8. The molecule has 3 aliphatic carbocycles. The smallest absolute Gasteiger partial charge is 0.324 e. The third-order valence-electron chi connectivity index (χ3n) is 9.64. The Morgan fingerprint density at radius 2 is 1.88 bits per heavy atom. The van der Waals surface area contributed by atoms with Crippen molar-refractivity contribution in [2.24, 2.45) is 34.0 Å². The molecule has 0 aromatic heterocycles. The first-order chi connectivity index (χ1) is 16.1. The summed E-state index contributed by atoms with van der Waals surface area (Å²) in [5.41, 5.74) is -2.43. The predicted octanol–water partition coefficient (Wildman–Crippen LogP) is 3.92. The van der Waals surface area contributed by atoms with Crippen molar-refractivity contribution in [1.82, 2.24) is 0 Å². The number of carbonyl (C=O) groups excluding carboxylic acids is 4. The molecule has 5 rings (SSSR count). The number of hydrogen-bond donors (Lipinski definition) is 0. The molecule has 0 radical (unpaired) electrons. The Kier molecular flexibility index (Phi) is 5.49. The van der Waals surface area contributed by atoms with Crippen LogP contribution in [0.25, 0.3) is 0 Å². The number of unbranched alkanes of at least 4 members (excludes halogenated alkanes) is 3.